The molecule has 0 spiro atoms. The van der Waals surface area contributed by atoms with Crippen LogP contribution in [0.15, 0.2) is 18.2 Å². The Bertz CT molecular complexity index is 425. The van der Waals surface area contributed by atoms with E-state index in [0.717, 1.165) is 36.8 Å². The lowest BCUT2D eigenvalue weighted by Crippen LogP contribution is -2.53. The third-order valence-electron chi connectivity index (χ3n) is 3.60. The van der Waals surface area contributed by atoms with Gasteiger partial charge in [-0.15, -0.1) is 0 Å². The monoisotopic (exact) mass is 266 g/mol. The Morgan fingerprint density at radius 2 is 1.95 bits per heavy atom. The second kappa shape index (κ2) is 6.12. The number of hydrogen-bond acceptors (Lipinski definition) is 5. The molecule has 1 saturated heterocycles. The van der Waals surface area contributed by atoms with Crippen LogP contribution in [-0.2, 0) is 0 Å². The Morgan fingerprint density at radius 1 is 1.21 bits per heavy atom. The molecule has 0 bridgehead atoms. The van der Waals surface area contributed by atoms with E-state index >= 15 is 0 Å². The SMILES string of the molecule is COc1ccc(N2CCN(C)CC2CO)cc1OC. The minimum Gasteiger partial charge on any atom is -0.493 e. The minimum atomic E-state index is 0.122. The summed E-state index contributed by atoms with van der Waals surface area (Å²) in [7, 11) is 5.34. The third kappa shape index (κ3) is 2.93. The van der Waals surface area contributed by atoms with Crippen molar-refractivity contribution in [2.24, 2.45) is 0 Å². The number of aliphatic hydroxyl groups is 1. The van der Waals surface area contributed by atoms with Crippen molar-refractivity contribution < 1.29 is 14.6 Å². The van der Waals surface area contributed by atoms with E-state index < -0.39 is 0 Å². The Morgan fingerprint density at radius 3 is 2.58 bits per heavy atom. The standard InChI is InChI=1S/C14H22N2O3/c1-15-6-7-16(12(9-15)10-17)11-4-5-13(18-2)14(8-11)19-3/h4-5,8,12,17H,6-7,9-10H2,1-3H3. The van der Waals surface area contributed by atoms with Crippen molar-refractivity contribution in [1.82, 2.24) is 4.90 Å². The van der Waals surface area contributed by atoms with Crippen LogP contribution in [0, 0.1) is 0 Å². The van der Waals surface area contributed by atoms with Gasteiger partial charge in [-0.1, -0.05) is 0 Å². The lowest BCUT2D eigenvalue weighted by molar-refractivity contribution is 0.191. The van der Waals surface area contributed by atoms with Gasteiger partial charge in [-0.2, -0.15) is 0 Å². The molecule has 1 aliphatic heterocycles. The van der Waals surface area contributed by atoms with E-state index in [1.54, 1.807) is 14.2 Å². The van der Waals surface area contributed by atoms with E-state index in [4.69, 9.17) is 9.47 Å². The molecule has 1 aromatic rings. The summed E-state index contributed by atoms with van der Waals surface area (Å²) in [4.78, 5) is 4.46. The fourth-order valence-corrected chi connectivity index (χ4v) is 2.51. The summed E-state index contributed by atoms with van der Waals surface area (Å²) in [5, 5.41) is 9.54. The molecule has 5 nitrogen and oxygen atoms in total. The average Bonchev–Trinajstić information content (AvgIpc) is 2.46. The van der Waals surface area contributed by atoms with Gasteiger partial charge in [0.2, 0.25) is 0 Å². The summed E-state index contributed by atoms with van der Waals surface area (Å²) in [6.07, 6.45) is 0. The number of ether oxygens (including phenoxy) is 2. The maximum Gasteiger partial charge on any atom is 0.162 e. The summed E-state index contributed by atoms with van der Waals surface area (Å²) >= 11 is 0. The molecule has 1 aromatic carbocycles. The highest BCUT2D eigenvalue weighted by atomic mass is 16.5. The van der Waals surface area contributed by atoms with E-state index in [1.165, 1.54) is 0 Å². The third-order valence-corrected chi connectivity index (χ3v) is 3.60. The highest BCUT2D eigenvalue weighted by molar-refractivity contribution is 5.57. The minimum absolute atomic E-state index is 0.122. The largest absolute Gasteiger partial charge is 0.493 e. The van der Waals surface area contributed by atoms with Gasteiger partial charge in [-0.3, -0.25) is 0 Å². The second-order valence-corrected chi connectivity index (χ2v) is 4.83. The summed E-state index contributed by atoms with van der Waals surface area (Å²) in [5.41, 5.74) is 1.06. The number of likely N-dealkylation sites (N-methyl/N-ethyl adjacent to an activating group) is 1. The zero-order valence-electron chi connectivity index (χ0n) is 11.8. The smallest absolute Gasteiger partial charge is 0.162 e. The normalized spacial score (nSPS) is 20.4. The highest BCUT2D eigenvalue weighted by Crippen LogP contribution is 2.32. The first-order valence-electron chi connectivity index (χ1n) is 6.47. The van der Waals surface area contributed by atoms with Gasteiger partial charge < -0.3 is 24.4 Å². The number of methoxy groups -OCH3 is 2. The molecule has 5 heteroatoms. The number of aliphatic hydroxyl groups excluding tert-OH is 1. The Kier molecular flexibility index (Phi) is 4.50. The second-order valence-electron chi connectivity index (χ2n) is 4.83. The van der Waals surface area contributed by atoms with E-state index in [0.29, 0.717) is 0 Å². The van der Waals surface area contributed by atoms with Crippen molar-refractivity contribution in [3.8, 4) is 11.5 Å². The maximum absolute atomic E-state index is 9.54. The quantitative estimate of drug-likeness (QED) is 0.874. The van der Waals surface area contributed by atoms with Crippen LogP contribution in [0.2, 0.25) is 0 Å². The van der Waals surface area contributed by atoms with Crippen LogP contribution in [0.1, 0.15) is 0 Å². The molecule has 0 aromatic heterocycles. The fourth-order valence-electron chi connectivity index (χ4n) is 2.51. The number of hydrogen-bond donors (Lipinski definition) is 1. The number of nitrogens with zero attached hydrogens (tertiary/aromatic N) is 2. The first-order chi connectivity index (χ1) is 9.19. The number of anilines is 1. The summed E-state index contributed by atoms with van der Waals surface area (Å²) in [6.45, 7) is 2.91. The van der Waals surface area contributed by atoms with Crippen LogP contribution in [0.3, 0.4) is 0 Å². The van der Waals surface area contributed by atoms with Gasteiger partial charge in [0.25, 0.3) is 0 Å². The van der Waals surface area contributed by atoms with Crippen LogP contribution in [-0.4, -0.2) is 63.6 Å². The molecule has 1 atom stereocenters. The Hall–Kier alpha value is -1.46. The molecule has 19 heavy (non-hydrogen) atoms. The van der Waals surface area contributed by atoms with E-state index in [2.05, 4.69) is 16.8 Å². The predicted molar refractivity (Wildman–Crippen MR) is 75.3 cm³/mol. The van der Waals surface area contributed by atoms with Crippen molar-refractivity contribution in [2.45, 2.75) is 6.04 Å². The summed E-state index contributed by atoms with van der Waals surface area (Å²) in [6, 6.07) is 6.00. The van der Waals surface area contributed by atoms with Gasteiger partial charge in [0.15, 0.2) is 11.5 Å². The first-order valence-corrected chi connectivity index (χ1v) is 6.47. The van der Waals surface area contributed by atoms with Crippen molar-refractivity contribution in [3.05, 3.63) is 18.2 Å². The molecule has 1 fully saturated rings. The molecule has 2 rings (SSSR count). The van der Waals surface area contributed by atoms with Gasteiger partial charge in [0.1, 0.15) is 0 Å². The predicted octanol–water partition coefficient (Wildman–Crippen LogP) is 0.816. The van der Waals surface area contributed by atoms with Crippen LogP contribution in [0.5, 0.6) is 11.5 Å². The highest BCUT2D eigenvalue weighted by Gasteiger charge is 2.25. The van der Waals surface area contributed by atoms with Gasteiger partial charge >= 0.3 is 0 Å². The lowest BCUT2D eigenvalue weighted by atomic mass is 10.1. The van der Waals surface area contributed by atoms with Gasteiger partial charge in [-0.05, 0) is 19.2 Å². The van der Waals surface area contributed by atoms with Crippen LogP contribution >= 0.6 is 0 Å². The molecule has 1 unspecified atom stereocenters. The average molecular weight is 266 g/mol. The van der Waals surface area contributed by atoms with Crippen molar-refractivity contribution in [3.63, 3.8) is 0 Å². The molecular formula is C14H22N2O3. The first kappa shape index (κ1) is 14.0. The Labute approximate surface area is 114 Å². The number of benzene rings is 1. The fraction of sp³-hybridized carbons (Fsp3) is 0.571. The van der Waals surface area contributed by atoms with Crippen molar-refractivity contribution in [2.75, 3.05) is 52.4 Å². The number of rotatable bonds is 4. The van der Waals surface area contributed by atoms with Crippen LogP contribution in [0.4, 0.5) is 5.69 Å². The molecule has 0 amide bonds. The van der Waals surface area contributed by atoms with Gasteiger partial charge in [-0.25, -0.2) is 0 Å². The van der Waals surface area contributed by atoms with E-state index in [9.17, 15) is 5.11 Å². The van der Waals surface area contributed by atoms with E-state index in [-0.39, 0.29) is 12.6 Å². The zero-order valence-corrected chi connectivity index (χ0v) is 11.8. The number of piperazine rings is 1. The molecule has 1 N–H and O–H groups in total. The maximum atomic E-state index is 9.54. The molecule has 1 aliphatic rings. The van der Waals surface area contributed by atoms with Crippen LogP contribution in [0.25, 0.3) is 0 Å². The molecule has 0 radical (unpaired) electrons. The van der Waals surface area contributed by atoms with Crippen LogP contribution < -0.4 is 14.4 Å². The van der Waals surface area contributed by atoms with Gasteiger partial charge in [0, 0.05) is 31.4 Å². The molecule has 0 saturated carbocycles. The summed E-state index contributed by atoms with van der Waals surface area (Å²) < 4.78 is 10.6. The Balaban J connectivity index is 2.25. The zero-order chi connectivity index (χ0) is 13.8. The topological polar surface area (TPSA) is 45.2 Å². The molecule has 106 valence electrons. The van der Waals surface area contributed by atoms with Gasteiger partial charge in [0.05, 0.1) is 26.9 Å². The summed E-state index contributed by atoms with van der Waals surface area (Å²) in [5.74, 6) is 1.44. The molecule has 1 heterocycles. The molecule has 0 aliphatic carbocycles. The van der Waals surface area contributed by atoms with Crippen molar-refractivity contribution in [1.29, 1.82) is 0 Å². The molecular weight excluding hydrogens is 244 g/mol. The lowest BCUT2D eigenvalue weighted by Gasteiger charge is -2.40. The van der Waals surface area contributed by atoms with Crippen molar-refractivity contribution >= 4 is 5.69 Å². The van der Waals surface area contributed by atoms with E-state index in [1.807, 2.05) is 18.2 Å².